The third-order valence-corrected chi connectivity index (χ3v) is 5.00. The summed E-state index contributed by atoms with van der Waals surface area (Å²) in [6.45, 7) is 11.9. The molecular formula is C23H38N2O7. The lowest BCUT2D eigenvalue weighted by Crippen LogP contribution is -2.53. The number of nitrogens with zero attached hydrogens (tertiary/aromatic N) is 1. The summed E-state index contributed by atoms with van der Waals surface area (Å²) in [5, 5.41) is 0. The van der Waals surface area contributed by atoms with Crippen LogP contribution in [-0.4, -0.2) is 53.7 Å². The van der Waals surface area contributed by atoms with Gasteiger partial charge in [0.2, 0.25) is 0 Å². The molecule has 1 unspecified atom stereocenters. The molecule has 0 spiro atoms. The van der Waals surface area contributed by atoms with Gasteiger partial charge in [0.25, 0.3) is 5.56 Å². The molecule has 0 bridgehead atoms. The molecule has 0 aliphatic carbocycles. The van der Waals surface area contributed by atoms with Crippen molar-refractivity contribution in [2.24, 2.45) is 0 Å². The van der Waals surface area contributed by atoms with E-state index in [9.17, 15) is 14.4 Å². The number of aromatic nitrogens is 2. The van der Waals surface area contributed by atoms with Gasteiger partial charge < -0.3 is 18.9 Å². The van der Waals surface area contributed by atoms with Crippen LogP contribution in [0.2, 0.25) is 0 Å². The topological polar surface area (TPSA) is 109 Å². The summed E-state index contributed by atoms with van der Waals surface area (Å²) < 4.78 is 24.8. The number of hydrogen-bond acceptors (Lipinski definition) is 7. The monoisotopic (exact) mass is 454 g/mol. The van der Waals surface area contributed by atoms with E-state index in [-0.39, 0.29) is 19.9 Å². The highest BCUT2D eigenvalue weighted by molar-refractivity contribution is 5.65. The third kappa shape index (κ3) is 9.10. The van der Waals surface area contributed by atoms with Crippen LogP contribution in [0.3, 0.4) is 0 Å². The summed E-state index contributed by atoms with van der Waals surface area (Å²) in [7, 11) is 0. The molecule has 182 valence electrons. The van der Waals surface area contributed by atoms with Crippen molar-refractivity contribution in [3.8, 4) is 0 Å². The summed E-state index contributed by atoms with van der Waals surface area (Å²) in [6.07, 6.45) is 6.46. The Labute approximate surface area is 189 Å². The minimum Gasteiger partial charge on any atom is -0.463 e. The van der Waals surface area contributed by atoms with Gasteiger partial charge in [0, 0.05) is 31.9 Å². The van der Waals surface area contributed by atoms with Crippen molar-refractivity contribution in [2.45, 2.75) is 78.2 Å². The SMILES string of the molecule is C=CC[C@](COCCCC)(OCn1cc(C)c(=O)[nH]c1=O)C(COC(C)=O)OCCCC. The van der Waals surface area contributed by atoms with Gasteiger partial charge in [0.15, 0.2) is 0 Å². The highest BCUT2D eigenvalue weighted by Gasteiger charge is 2.41. The predicted molar refractivity (Wildman–Crippen MR) is 122 cm³/mol. The van der Waals surface area contributed by atoms with Crippen LogP contribution in [0.5, 0.6) is 0 Å². The smallest absolute Gasteiger partial charge is 0.330 e. The summed E-state index contributed by atoms with van der Waals surface area (Å²) >= 11 is 0. The van der Waals surface area contributed by atoms with E-state index in [1.54, 1.807) is 13.0 Å². The lowest BCUT2D eigenvalue weighted by atomic mass is 9.93. The fourth-order valence-electron chi connectivity index (χ4n) is 3.04. The molecule has 0 aliphatic rings. The van der Waals surface area contributed by atoms with Crippen LogP contribution in [-0.2, 0) is 30.5 Å². The van der Waals surface area contributed by atoms with Crippen molar-refractivity contribution < 1.29 is 23.7 Å². The molecule has 1 N–H and O–H groups in total. The van der Waals surface area contributed by atoms with Gasteiger partial charge >= 0.3 is 11.7 Å². The Kier molecular flexibility index (Phi) is 12.8. The molecule has 0 saturated heterocycles. The molecule has 1 aromatic heterocycles. The Balaban J connectivity index is 3.24. The molecule has 0 saturated carbocycles. The van der Waals surface area contributed by atoms with E-state index in [1.165, 1.54) is 17.7 Å². The molecule has 0 amide bonds. The maximum absolute atomic E-state index is 12.2. The third-order valence-electron chi connectivity index (χ3n) is 5.00. The number of nitrogens with one attached hydrogen (secondary N) is 1. The summed E-state index contributed by atoms with van der Waals surface area (Å²) in [5.41, 5.74) is -1.69. The van der Waals surface area contributed by atoms with Gasteiger partial charge in [-0.05, 0) is 26.2 Å². The van der Waals surface area contributed by atoms with E-state index in [2.05, 4.69) is 25.4 Å². The van der Waals surface area contributed by atoms with E-state index < -0.39 is 28.9 Å². The van der Waals surface area contributed by atoms with E-state index in [4.69, 9.17) is 18.9 Å². The van der Waals surface area contributed by atoms with E-state index in [0.29, 0.717) is 25.2 Å². The molecule has 0 aliphatic heterocycles. The second kappa shape index (κ2) is 14.8. The zero-order valence-electron chi connectivity index (χ0n) is 19.8. The van der Waals surface area contributed by atoms with Crippen LogP contribution in [0.25, 0.3) is 0 Å². The van der Waals surface area contributed by atoms with Gasteiger partial charge in [-0.25, -0.2) is 4.79 Å². The maximum atomic E-state index is 12.2. The fraction of sp³-hybridized carbons (Fsp3) is 0.696. The number of aromatic amines is 1. The van der Waals surface area contributed by atoms with Crippen LogP contribution >= 0.6 is 0 Å². The van der Waals surface area contributed by atoms with Crippen molar-refractivity contribution in [2.75, 3.05) is 26.4 Å². The lowest BCUT2D eigenvalue weighted by Gasteiger charge is -2.39. The zero-order chi connectivity index (χ0) is 24.0. The molecule has 0 aromatic carbocycles. The zero-order valence-corrected chi connectivity index (χ0v) is 19.8. The number of esters is 1. The van der Waals surface area contributed by atoms with E-state index in [0.717, 1.165) is 25.7 Å². The van der Waals surface area contributed by atoms with Crippen molar-refractivity contribution in [1.82, 2.24) is 9.55 Å². The van der Waals surface area contributed by atoms with Crippen LogP contribution in [0.15, 0.2) is 28.4 Å². The van der Waals surface area contributed by atoms with Gasteiger partial charge in [-0.2, -0.15) is 0 Å². The highest BCUT2D eigenvalue weighted by Crippen LogP contribution is 2.27. The van der Waals surface area contributed by atoms with Gasteiger partial charge in [0.05, 0.1) is 6.61 Å². The highest BCUT2D eigenvalue weighted by atomic mass is 16.6. The number of carbonyl (C=O) groups excluding carboxylic acids is 1. The normalized spacial score (nSPS) is 14.0. The van der Waals surface area contributed by atoms with Gasteiger partial charge in [0.1, 0.15) is 25.0 Å². The van der Waals surface area contributed by atoms with Crippen LogP contribution in [0, 0.1) is 6.92 Å². The first kappa shape index (κ1) is 27.8. The molecule has 9 heteroatoms. The first-order valence-electron chi connectivity index (χ1n) is 11.2. The number of hydrogen-bond donors (Lipinski definition) is 1. The molecule has 1 aromatic rings. The summed E-state index contributed by atoms with van der Waals surface area (Å²) in [4.78, 5) is 37.7. The number of unbranched alkanes of at least 4 members (excludes halogenated alkanes) is 2. The largest absolute Gasteiger partial charge is 0.463 e. The Morgan fingerprint density at radius 3 is 2.56 bits per heavy atom. The first-order chi connectivity index (χ1) is 15.3. The first-order valence-corrected chi connectivity index (χ1v) is 11.2. The molecule has 32 heavy (non-hydrogen) atoms. The molecule has 2 atom stereocenters. The van der Waals surface area contributed by atoms with Crippen LogP contribution < -0.4 is 11.2 Å². The standard InChI is InChI=1S/C23H38N2O7/c1-6-9-12-29-16-23(11-8-3,20(15-31-19(5)26)30-13-10-7-2)32-17-25-14-18(4)21(27)24-22(25)28/h8,14,20H,3,6-7,9-13,15-17H2,1-2,4-5H3,(H,24,27,28)/t20?,23-/m1/s1. The van der Waals surface area contributed by atoms with Crippen molar-refractivity contribution in [3.63, 3.8) is 0 Å². The minimum atomic E-state index is -1.05. The molecule has 0 radical (unpaired) electrons. The molecule has 1 rings (SSSR count). The number of rotatable bonds is 17. The maximum Gasteiger partial charge on any atom is 0.330 e. The van der Waals surface area contributed by atoms with E-state index in [1.807, 2.05) is 0 Å². The minimum absolute atomic E-state index is 0.0242. The second-order valence-electron chi connectivity index (χ2n) is 7.79. The lowest BCUT2D eigenvalue weighted by molar-refractivity contribution is -0.206. The van der Waals surface area contributed by atoms with Crippen LogP contribution in [0.1, 0.15) is 58.4 Å². The van der Waals surface area contributed by atoms with Crippen molar-refractivity contribution >= 4 is 5.97 Å². The molecular weight excluding hydrogens is 416 g/mol. The number of H-pyrrole nitrogens is 1. The van der Waals surface area contributed by atoms with Crippen LogP contribution in [0.4, 0.5) is 0 Å². The van der Waals surface area contributed by atoms with Gasteiger partial charge in [-0.3, -0.25) is 19.1 Å². The van der Waals surface area contributed by atoms with E-state index >= 15 is 0 Å². The number of ether oxygens (including phenoxy) is 4. The molecule has 0 fully saturated rings. The molecule has 1 heterocycles. The van der Waals surface area contributed by atoms with Crippen molar-refractivity contribution in [3.05, 3.63) is 45.3 Å². The number of aryl methyl sites for hydroxylation is 1. The summed E-state index contributed by atoms with van der Waals surface area (Å²) in [6, 6.07) is 0. The quantitative estimate of drug-likeness (QED) is 0.219. The predicted octanol–water partition coefficient (Wildman–Crippen LogP) is 2.70. The average Bonchev–Trinajstić information content (AvgIpc) is 2.75. The molecule has 9 nitrogen and oxygen atoms in total. The Bertz CT molecular complexity index is 817. The Morgan fingerprint density at radius 1 is 1.25 bits per heavy atom. The van der Waals surface area contributed by atoms with Gasteiger partial charge in [-0.15, -0.1) is 6.58 Å². The van der Waals surface area contributed by atoms with Crippen molar-refractivity contribution in [1.29, 1.82) is 0 Å². The average molecular weight is 455 g/mol. The fourth-order valence-corrected chi connectivity index (χ4v) is 3.04. The Morgan fingerprint density at radius 2 is 1.94 bits per heavy atom. The second-order valence-corrected chi connectivity index (χ2v) is 7.79. The Hall–Kier alpha value is -2.23. The summed E-state index contributed by atoms with van der Waals surface area (Å²) in [5.74, 6) is -0.430. The number of carbonyl (C=O) groups is 1. The van der Waals surface area contributed by atoms with Gasteiger partial charge in [-0.1, -0.05) is 32.8 Å².